The maximum Gasteiger partial charge on any atom is 0.223 e. The van der Waals surface area contributed by atoms with E-state index in [1.807, 2.05) is 0 Å². The van der Waals surface area contributed by atoms with Gasteiger partial charge in [-0.1, -0.05) is 8.96 Å². The van der Waals surface area contributed by atoms with Crippen LogP contribution in [-0.2, 0) is 0 Å². The quantitative estimate of drug-likeness (QED) is 0.648. The number of imidazole rings is 1. The lowest BCUT2D eigenvalue weighted by Crippen LogP contribution is -2.00. The molecule has 0 atom stereocenters. The minimum absolute atomic E-state index is 0.127. The fraction of sp³-hybridized carbons (Fsp3) is 0. The summed E-state index contributed by atoms with van der Waals surface area (Å²) in [5, 5.41) is -1.08. The van der Waals surface area contributed by atoms with Crippen LogP contribution in [0, 0.1) is 0 Å². The molecule has 0 saturated carbocycles. The zero-order valence-electron chi connectivity index (χ0n) is 5.70. The Labute approximate surface area is 64.9 Å². The number of anilines is 1. The van der Waals surface area contributed by atoms with Gasteiger partial charge < -0.3 is 4.98 Å². The summed E-state index contributed by atoms with van der Waals surface area (Å²) >= 11 is 0. The highest BCUT2D eigenvalue weighted by molar-refractivity contribution is 5.81. The van der Waals surface area contributed by atoms with E-state index in [2.05, 4.69) is 19.9 Å². The number of fused-ring (bicyclic) bond motifs is 1. The Balaban J connectivity index is 2.73. The van der Waals surface area contributed by atoms with Crippen molar-refractivity contribution in [2.75, 3.05) is 5.34 Å². The van der Waals surface area contributed by atoms with E-state index < -0.39 is 11.2 Å². The van der Waals surface area contributed by atoms with Crippen molar-refractivity contribution in [1.29, 1.82) is 0 Å². The van der Waals surface area contributed by atoms with Crippen molar-refractivity contribution in [2.45, 2.75) is 0 Å². The average molecular weight is 171 g/mol. The molecule has 0 bridgehead atoms. The highest BCUT2D eigenvalue weighted by atomic mass is 19.4. The molecule has 1 N–H and O–H groups in total. The molecule has 2 aromatic heterocycles. The van der Waals surface area contributed by atoms with Gasteiger partial charge in [0, 0.05) is 0 Å². The van der Waals surface area contributed by atoms with Gasteiger partial charge in [-0.2, -0.15) is 0 Å². The van der Waals surface area contributed by atoms with Crippen molar-refractivity contribution in [3.05, 3.63) is 12.7 Å². The second kappa shape index (κ2) is 2.36. The summed E-state index contributed by atoms with van der Waals surface area (Å²) in [6, 6.07) is 0. The maximum absolute atomic E-state index is 12.1. The molecule has 12 heavy (non-hydrogen) atoms. The third-order valence-corrected chi connectivity index (χ3v) is 1.36. The zero-order chi connectivity index (χ0) is 8.55. The number of H-pyrrole nitrogens is 1. The summed E-state index contributed by atoms with van der Waals surface area (Å²) in [5.74, 6) is -0.475. The fourth-order valence-electron chi connectivity index (χ4n) is 0.880. The first-order valence-corrected chi connectivity index (χ1v) is 3.05. The number of rotatable bonds is 1. The molecule has 2 heterocycles. The van der Waals surface area contributed by atoms with E-state index in [1.54, 1.807) is 0 Å². The Morgan fingerprint density at radius 2 is 2.08 bits per heavy atom. The van der Waals surface area contributed by atoms with Gasteiger partial charge in [-0.25, -0.2) is 15.0 Å². The van der Waals surface area contributed by atoms with Crippen LogP contribution in [-0.4, -0.2) is 19.9 Å². The highest BCUT2D eigenvalue weighted by Crippen LogP contribution is 2.19. The van der Waals surface area contributed by atoms with Crippen LogP contribution in [0.3, 0.4) is 0 Å². The molecular weight excluding hydrogens is 168 g/mol. The predicted octanol–water partition coefficient (Wildman–Crippen LogP) is 0.928. The van der Waals surface area contributed by atoms with Crippen LogP contribution in [0.25, 0.3) is 11.2 Å². The van der Waals surface area contributed by atoms with E-state index in [0.29, 0.717) is 0 Å². The monoisotopic (exact) mass is 171 g/mol. The normalized spacial score (nSPS) is 10.5. The first-order valence-electron chi connectivity index (χ1n) is 3.05. The second-order valence-corrected chi connectivity index (χ2v) is 2.03. The molecule has 0 spiro atoms. The number of aromatic amines is 1. The lowest BCUT2D eigenvalue weighted by atomic mass is 10.5. The Kier molecular flexibility index (Phi) is 1.36. The van der Waals surface area contributed by atoms with E-state index in [1.165, 1.54) is 6.33 Å². The largest absolute Gasteiger partial charge is 0.340 e. The number of hydrogen-bond donors (Lipinski definition) is 1. The summed E-state index contributed by atoms with van der Waals surface area (Å²) in [5.41, 5.74) is 0.350. The second-order valence-electron chi connectivity index (χ2n) is 2.03. The number of aromatic nitrogens is 4. The van der Waals surface area contributed by atoms with Crippen LogP contribution in [0.5, 0.6) is 0 Å². The molecule has 0 fully saturated rings. The minimum atomic E-state index is -1.08. The molecule has 0 aliphatic rings. The molecule has 0 radical (unpaired) electrons. The Hall–Kier alpha value is -1.79. The Morgan fingerprint density at radius 1 is 1.25 bits per heavy atom. The first-order chi connectivity index (χ1) is 5.79. The Morgan fingerprint density at radius 3 is 2.83 bits per heavy atom. The van der Waals surface area contributed by atoms with Crippen molar-refractivity contribution in [1.82, 2.24) is 19.9 Å². The van der Waals surface area contributed by atoms with Crippen molar-refractivity contribution in [3.8, 4) is 0 Å². The van der Waals surface area contributed by atoms with E-state index in [9.17, 15) is 8.96 Å². The van der Waals surface area contributed by atoms with Gasteiger partial charge in [-0.15, -0.1) is 0 Å². The van der Waals surface area contributed by atoms with Crippen LogP contribution in [0.2, 0.25) is 0 Å². The lowest BCUT2D eigenvalue weighted by molar-refractivity contribution is 0.232. The SMILES string of the molecule is FN(F)c1ncnc2nc[nH]c12. The van der Waals surface area contributed by atoms with Crippen LogP contribution in [0.4, 0.5) is 14.8 Å². The number of nitrogens with one attached hydrogen (secondary N) is 1. The van der Waals surface area contributed by atoms with E-state index in [4.69, 9.17) is 0 Å². The molecule has 7 heteroatoms. The predicted molar refractivity (Wildman–Crippen MR) is 36.4 cm³/mol. The van der Waals surface area contributed by atoms with Crippen LogP contribution in [0.15, 0.2) is 12.7 Å². The topological polar surface area (TPSA) is 57.7 Å². The van der Waals surface area contributed by atoms with Crippen molar-refractivity contribution in [2.24, 2.45) is 0 Å². The zero-order valence-corrected chi connectivity index (χ0v) is 5.70. The standard InChI is InChI=1S/C5H3F2N5/c6-12(7)5-3-4(9-1-8-3)10-2-11-5/h1-2H,(H,8,9,10,11). The molecule has 0 aliphatic carbocycles. The van der Waals surface area contributed by atoms with Crippen LogP contribution < -0.4 is 5.34 Å². The van der Waals surface area contributed by atoms with Gasteiger partial charge in [-0.3, -0.25) is 0 Å². The van der Waals surface area contributed by atoms with Gasteiger partial charge in [0.2, 0.25) is 5.82 Å². The smallest absolute Gasteiger partial charge is 0.223 e. The summed E-state index contributed by atoms with van der Waals surface area (Å²) in [4.78, 5) is 13.2. The Bertz CT molecular complexity index is 397. The number of hydrogen-bond acceptors (Lipinski definition) is 4. The van der Waals surface area contributed by atoms with Gasteiger partial charge in [0.25, 0.3) is 0 Å². The molecule has 0 aliphatic heterocycles. The van der Waals surface area contributed by atoms with E-state index in [0.717, 1.165) is 6.33 Å². The van der Waals surface area contributed by atoms with E-state index >= 15 is 0 Å². The molecular formula is C5H3F2N5. The van der Waals surface area contributed by atoms with E-state index in [-0.39, 0.29) is 11.2 Å². The van der Waals surface area contributed by atoms with Crippen LogP contribution in [0.1, 0.15) is 0 Å². The third-order valence-electron chi connectivity index (χ3n) is 1.36. The molecule has 0 aromatic carbocycles. The molecule has 62 valence electrons. The highest BCUT2D eigenvalue weighted by Gasteiger charge is 2.11. The lowest BCUT2D eigenvalue weighted by Gasteiger charge is -1.99. The van der Waals surface area contributed by atoms with Gasteiger partial charge in [0.15, 0.2) is 5.65 Å². The fourth-order valence-corrected chi connectivity index (χ4v) is 0.880. The number of nitrogens with zero attached hydrogens (tertiary/aromatic N) is 4. The molecule has 0 unspecified atom stereocenters. The average Bonchev–Trinajstić information content (AvgIpc) is 2.49. The maximum atomic E-state index is 12.1. The molecule has 2 rings (SSSR count). The summed E-state index contributed by atoms with van der Waals surface area (Å²) in [6.45, 7) is 0. The molecule has 0 saturated heterocycles. The van der Waals surface area contributed by atoms with Gasteiger partial charge >= 0.3 is 0 Å². The summed E-state index contributed by atoms with van der Waals surface area (Å²) < 4.78 is 24.1. The minimum Gasteiger partial charge on any atom is -0.340 e. The summed E-state index contributed by atoms with van der Waals surface area (Å²) in [6.07, 6.45) is 2.32. The first kappa shape index (κ1) is 6.89. The number of halogens is 2. The van der Waals surface area contributed by atoms with Gasteiger partial charge in [-0.05, 0) is 5.34 Å². The van der Waals surface area contributed by atoms with Crippen molar-refractivity contribution in [3.63, 3.8) is 0 Å². The summed E-state index contributed by atoms with van der Waals surface area (Å²) in [7, 11) is 0. The van der Waals surface area contributed by atoms with Crippen molar-refractivity contribution >= 4 is 17.0 Å². The van der Waals surface area contributed by atoms with Crippen LogP contribution >= 0.6 is 0 Å². The van der Waals surface area contributed by atoms with Crippen molar-refractivity contribution < 1.29 is 8.96 Å². The third kappa shape index (κ3) is 0.865. The molecule has 5 nitrogen and oxygen atoms in total. The van der Waals surface area contributed by atoms with Gasteiger partial charge in [0.05, 0.1) is 6.33 Å². The van der Waals surface area contributed by atoms with Gasteiger partial charge in [0.1, 0.15) is 11.8 Å². The molecule has 0 amide bonds. The molecule has 2 aromatic rings.